The van der Waals surface area contributed by atoms with Crippen LogP contribution in [-0.2, 0) is 10.2 Å². The Morgan fingerprint density at radius 2 is 1.86 bits per heavy atom. The molecule has 4 nitrogen and oxygen atoms in total. The molecule has 0 saturated carbocycles. The monoisotopic (exact) mass is 222 g/mol. The zero-order valence-corrected chi connectivity index (χ0v) is 10.2. The van der Waals surface area contributed by atoms with Gasteiger partial charge in [-0.3, -0.25) is 0 Å². The van der Waals surface area contributed by atoms with E-state index in [2.05, 4.69) is 11.6 Å². The third-order valence-electron chi connectivity index (χ3n) is 2.21. The van der Waals surface area contributed by atoms with Crippen molar-refractivity contribution in [1.82, 2.24) is 4.72 Å². The maximum Gasteiger partial charge on any atom is 0.274 e. The molecule has 0 amide bonds. The van der Waals surface area contributed by atoms with Gasteiger partial charge in [-0.2, -0.15) is 8.42 Å². The first-order valence-corrected chi connectivity index (χ1v) is 6.59. The summed E-state index contributed by atoms with van der Waals surface area (Å²) in [6, 6.07) is 0. The quantitative estimate of drug-likeness (QED) is 0.639. The summed E-state index contributed by atoms with van der Waals surface area (Å²) in [7, 11) is -3.54. The molecular formula is C9H22N2O2S. The topological polar surface area (TPSA) is 72.2 Å². The minimum atomic E-state index is -3.54. The Morgan fingerprint density at radius 1 is 1.29 bits per heavy atom. The van der Waals surface area contributed by atoms with Crippen LogP contribution < -0.4 is 9.86 Å². The van der Waals surface area contributed by atoms with E-state index in [-0.39, 0.29) is 5.41 Å². The summed E-state index contributed by atoms with van der Waals surface area (Å²) in [6.45, 7) is 6.65. The van der Waals surface area contributed by atoms with Crippen molar-refractivity contribution in [1.29, 1.82) is 0 Å². The Bertz CT molecular complexity index is 248. The van der Waals surface area contributed by atoms with Crippen LogP contribution in [0.1, 0.15) is 46.5 Å². The Balaban J connectivity index is 3.83. The van der Waals surface area contributed by atoms with Gasteiger partial charge >= 0.3 is 0 Å². The van der Waals surface area contributed by atoms with Gasteiger partial charge < -0.3 is 0 Å². The lowest BCUT2D eigenvalue weighted by Crippen LogP contribution is -2.38. The van der Waals surface area contributed by atoms with Crippen molar-refractivity contribution in [2.24, 2.45) is 10.6 Å². The van der Waals surface area contributed by atoms with Gasteiger partial charge in [-0.15, -0.1) is 0 Å². The fraction of sp³-hybridized carbons (Fsp3) is 1.00. The summed E-state index contributed by atoms with van der Waals surface area (Å²) < 4.78 is 23.7. The van der Waals surface area contributed by atoms with Crippen LogP contribution in [0.25, 0.3) is 0 Å². The first kappa shape index (κ1) is 13.9. The highest BCUT2D eigenvalue weighted by molar-refractivity contribution is 7.87. The summed E-state index contributed by atoms with van der Waals surface area (Å²) in [5.74, 6) is 0. The highest BCUT2D eigenvalue weighted by atomic mass is 32.2. The maximum absolute atomic E-state index is 10.7. The molecular weight excluding hydrogens is 200 g/mol. The minimum Gasteiger partial charge on any atom is -0.216 e. The molecule has 5 heteroatoms. The number of unbranched alkanes of at least 4 members (excludes halogenated alkanes) is 2. The molecule has 0 aromatic rings. The second kappa shape index (κ2) is 5.68. The van der Waals surface area contributed by atoms with Gasteiger partial charge in [0.1, 0.15) is 0 Å². The molecule has 0 radical (unpaired) electrons. The summed E-state index contributed by atoms with van der Waals surface area (Å²) >= 11 is 0. The normalized spacial score (nSPS) is 13.1. The van der Waals surface area contributed by atoms with Gasteiger partial charge in [0.15, 0.2) is 0 Å². The first-order valence-electron chi connectivity index (χ1n) is 5.04. The van der Waals surface area contributed by atoms with Crippen LogP contribution in [0.5, 0.6) is 0 Å². The van der Waals surface area contributed by atoms with Crippen molar-refractivity contribution in [3.8, 4) is 0 Å². The van der Waals surface area contributed by atoms with E-state index in [0.717, 1.165) is 12.8 Å². The number of rotatable bonds is 7. The summed E-state index contributed by atoms with van der Waals surface area (Å²) in [5, 5.41) is 4.86. The molecule has 0 aromatic heterocycles. The fourth-order valence-corrected chi connectivity index (χ4v) is 1.83. The molecule has 0 atom stereocenters. The van der Waals surface area contributed by atoms with E-state index in [1.54, 1.807) is 0 Å². The zero-order chi connectivity index (χ0) is 11.2. The van der Waals surface area contributed by atoms with Crippen LogP contribution in [0, 0.1) is 5.41 Å². The van der Waals surface area contributed by atoms with Gasteiger partial charge in [0.05, 0.1) is 0 Å². The highest BCUT2D eigenvalue weighted by Crippen LogP contribution is 2.22. The zero-order valence-electron chi connectivity index (χ0n) is 9.34. The number of nitrogens with one attached hydrogen (secondary N) is 1. The highest BCUT2D eigenvalue weighted by Gasteiger charge is 2.18. The molecule has 0 aromatic carbocycles. The first-order chi connectivity index (χ1) is 6.27. The van der Waals surface area contributed by atoms with E-state index in [1.165, 1.54) is 12.8 Å². The third-order valence-corrected chi connectivity index (χ3v) is 2.76. The van der Waals surface area contributed by atoms with Gasteiger partial charge in [0.2, 0.25) is 0 Å². The van der Waals surface area contributed by atoms with Crippen LogP contribution in [0.4, 0.5) is 0 Å². The average molecular weight is 222 g/mol. The second-order valence-electron chi connectivity index (χ2n) is 4.49. The van der Waals surface area contributed by atoms with Crippen LogP contribution in [0.3, 0.4) is 0 Å². The van der Waals surface area contributed by atoms with Crippen molar-refractivity contribution < 1.29 is 8.42 Å². The molecule has 0 aliphatic heterocycles. The molecule has 14 heavy (non-hydrogen) atoms. The fourth-order valence-electron chi connectivity index (χ4n) is 1.24. The second-order valence-corrected chi connectivity index (χ2v) is 5.87. The van der Waals surface area contributed by atoms with Gasteiger partial charge in [0, 0.05) is 6.54 Å². The standard InChI is InChI=1S/C9H22N2O2S/c1-4-5-6-7-9(2,3)8-11-14(10,12)13/h11H,4-8H2,1-3H3,(H2,10,12,13). The number of hydrogen-bond donors (Lipinski definition) is 2. The lowest BCUT2D eigenvalue weighted by atomic mass is 9.87. The van der Waals surface area contributed by atoms with E-state index < -0.39 is 10.2 Å². The Hall–Kier alpha value is -0.130. The lowest BCUT2D eigenvalue weighted by molar-refractivity contribution is 0.320. The van der Waals surface area contributed by atoms with E-state index in [9.17, 15) is 8.42 Å². The molecule has 0 fully saturated rings. The average Bonchev–Trinajstić information content (AvgIpc) is 2.00. The van der Waals surface area contributed by atoms with Gasteiger partial charge in [-0.1, -0.05) is 40.0 Å². The number of hydrogen-bond acceptors (Lipinski definition) is 2. The summed E-state index contributed by atoms with van der Waals surface area (Å²) in [6.07, 6.45) is 4.52. The molecule has 0 aliphatic rings. The molecule has 0 spiro atoms. The van der Waals surface area contributed by atoms with Crippen LogP contribution in [0.15, 0.2) is 0 Å². The van der Waals surface area contributed by atoms with E-state index in [0.29, 0.717) is 6.54 Å². The minimum absolute atomic E-state index is 0.0123. The van der Waals surface area contributed by atoms with Gasteiger partial charge in [-0.25, -0.2) is 9.86 Å². The predicted molar refractivity (Wildman–Crippen MR) is 59.0 cm³/mol. The molecule has 3 N–H and O–H groups in total. The largest absolute Gasteiger partial charge is 0.274 e. The van der Waals surface area contributed by atoms with Crippen molar-refractivity contribution in [3.63, 3.8) is 0 Å². The van der Waals surface area contributed by atoms with Crippen LogP contribution in [0.2, 0.25) is 0 Å². The molecule has 0 aliphatic carbocycles. The Labute approximate surface area is 87.4 Å². The Morgan fingerprint density at radius 3 is 2.29 bits per heavy atom. The molecule has 0 saturated heterocycles. The molecule has 86 valence electrons. The van der Waals surface area contributed by atoms with Crippen molar-refractivity contribution in [2.45, 2.75) is 46.5 Å². The van der Waals surface area contributed by atoms with Gasteiger partial charge in [0.25, 0.3) is 10.2 Å². The maximum atomic E-state index is 10.7. The third kappa shape index (κ3) is 8.47. The summed E-state index contributed by atoms with van der Waals surface area (Å²) in [4.78, 5) is 0. The van der Waals surface area contributed by atoms with E-state index in [1.807, 2.05) is 13.8 Å². The van der Waals surface area contributed by atoms with E-state index >= 15 is 0 Å². The summed E-state index contributed by atoms with van der Waals surface area (Å²) in [5.41, 5.74) is -0.0123. The molecule has 0 bridgehead atoms. The van der Waals surface area contributed by atoms with Crippen molar-refractivity contribution in [2.75, 3.05) is 6.54 Å². The van der Waals surface area contributed by atoms with Gasteiger partial charge in [-0.05, 0) is 11.8 Å². The molecule has 0 rings (SSSR count). The smallest absolute Gasteiger partial charge is 0.216 e. The Kier molecular flexibility index (Phi) is 5.63. The van der Waals surface area contributed by atoms with E-state index in [4.69, 9.17) is 5.14 Å². The van der Waals surface area contributed by atoms with Crippen molar-refractivity contribution in [3.05, 3.63) is 0 Å². The molecule has 0 unspecified atom stereocenters. The number of nitrogens with two attached hydrogens (primary N) is 1. The van der Waals surface area contributed by atoms with Crippen molar-refractivity contribution >= 4 is 10.2 Å². The van der Waals surface area contributed by atoms with Crippen LogP contribution >= 0.6 is 0 Å². The SMILES string of the molecule is CCCCCC(C)(C)CNS(N)(=O)=O. The molecule has 0 heterocycles. The van der Waals surface area contributed by atoms with Crippen LogP contribution in [-0.4, -0.2) is 15.0 Å². The lowest BCUT2D eigenvalue weighted by Gasteiger charge is -2.24. The predicted octanol–water partition coefficient (Wildman–Crippen LogP) is 1.39.